The van der Waals surface area contributed by atoms with Gasteiger partial charge in [-0.3, -0.25) is 0 Å². The highest BCUT2D eigenvalue weighted by Gasteiger charge is 2.31. The third kappa shape index (κ3) is 3.07. The Morgan fingerprint density at radius 1 is 1.27 bits per heavy atom. The zero-order valence-electron chi connectivity index (χ0n) is 7.69. The van der Waals surface area contributed by atoms with Crippen LogP contribution in [0.4, 0.5) is 0 Å². The maximum absolute atomic E-state index is 5.91. The minimum Gasteiger partial charge on any atom is -0.349 e. The third-order valence-corrected chi connectivity index (χ3v) is 13.5. The molecule has 0 aromatic carbocycles. The Balaban J connectivity index is 4.24. The van der Waals surface area contributed by atoms with E-state index in [0.717, 1.165) is 11.0 Å². The molecule has 0 saturated carbocycles. The fraction of sp³-hybridized carbons (Fsp3) is 1.00. The quantitative estimate of drug-likeness (QED) is 0.527. The number of halogens is 2. The smallest absolute Gasteiger partial charge is 0.148 e. The molecule has 0 fully saturated rings. The van der Waals surface area contributed by atoms with Gasteiger partial charge in [-0.05, 0) is 7.05 Å². The molecule has 0 amide bonds. The number of hydrogen-bond acceptors (Lipinski definition) is 1. The Morgan fingerprint density at radius 3 is 1.73 bits per heavy atom. The predicted octanol–water partition coefficient (Wildman–Crippen LogP) is 2.03. The summed E-state index contributed by atoms with van der Waals surface area (Å²) in [5.74, 6) is 0. The van der Waals surface area contributed by atoms with Gasteiger partial charge in [-0.1, -0.05) is 19.6 Å². The molecule has 1 nitrogen and oxygen atoms in total. The van der Waals surface area contributed by atoms with Crippen LogP contribution in [-0.4, -0.2) is 39.5 Å². The molecule has 0 aliphatic carbocycles. The van der Waals surface area contributed by atoms with E-state index < -0.39 is 17.2 Å². The maximum Gasteiger partial charge on any atom is 0.148 e. The lowest BCUT2D eigenvalue weighted by Crippen LogP contribution is -2.57. The summed E-state index contributed by atoms with van der Waals surface area (Å²) in [7, 11) is 0.0378. The summed E-state index contributed by atoms with van der Waals surface area (Å²) >= 11 is 11.8. The van der Waals surface area contributed by atoms with Gasteiger partial charge < -0.3 is 4.23 Å². The summed E-state index contributed by atoms with van der Waals surface area (Å²) in [6.07, 6.45) is 0. The predicted molar refractivity (Wildman–Crippen MR) is 59.7 cm³/mol. The lowest BCUT2D eigenvalue weighted by atomic mass is 11.6. The van der Waals surface area contributed by atoms with Crippen molar-refractivity contribution in [2.75, 3.05) is 18.1 Å². The van der Waals surface area contributed by atoms with Gasteiger partial charge >= 0.3 is 0 Å². The van der Waals surface area contributed by atoms with E-state index in [-0.39, 0.29) is 0 Å². The van der Waals surface area contributed by atoms with Crippen molar-refractivity contribution in [3.05, 3.63) is 0 Å². The van der Waals surface area contributed by atoms with Crippen LogP contribution in [0.1, 0.15) is 0 Å². The summed E-state index contributed by atoms with van der Waals surface area (Å²) in [5.41, 5.74) is 1.50. The Morgan fingerprint density at radius 2 is 1.64 bits per heavy atom. The molecule has 0 rings (SSSR count). The molecule has 0 unspecified atom stereocenters. The second-order valence-corrected chi connectivity index (χ2v) is 12.8. The van der Waals surface area contributed by atoms with Crippen LogP contribution in [-0.2, 0) is 0 Å². The lowest BCUT2D eigenvalue weighted by Gasteiger charge is -2.36. The molecule has 0 radical (unpaired) electrons. The Hall–Kier alpha value is 0.974. The van der Waals surface area contributed by atoms with Crippen molar-refractivity contribution in [2.45, 2.75) is 19.6 Å². The molecule has 0 aliphatic heterocycles. The van der Waals surface area contributed by atoms with Crippen LogP contribution in [0.2, 0.25) is 19.6 Å². The summed E-state index contributed by atoms with van der Waals surface area (Å²) in [6, 6.07) is 0. The highest BCUT2D eigenvalue weighted by molar-refractivity contribution is 6.91. The van der Waals surface area contributed by atoms with E-state index in [4.69, 9.17) is 23.2 Å². The Labute approximate surface area is 82.4 Å². The molecule has 0 aromatic rings. The minimum atomic E-state index is -1.44. The Kier molecular flexibility index (Phi) is 5.30. The number of rotatable bonds is 4. The number of nitrogens with zero attached hydrogens (tertiary/aromatic N) is 1. The fourth-order valence-electron chi connectivity index (χ4n) is 0.848. The normalized spacial score (nSPS) is 13.1. The minimum absolute atomic E-state index is 0.699. The number of alkyl halides is 2. The van der Waals surface area contributed by atoms with E-state index in [2.05, 4.69) is 30.9 Å². The van der Waals surface area contributed by atoms with Gasteiger partial charge in [0.15, 0.2) is 0 Å². The van der Waals surface area contributed by atoms with Crippen LogP contribution >= 0.6 is 23.2 Å². The van der Waals surface area contributed by atoms with Crippen LogP contribution in [0.15, 0.2) is 0 Å². The molecule has 0 N–H and O–H groups in total. The molecule has 0 aliphatic rings. The molecular weight excluding hydrogens is 213 g/mol. The second-order valence-electron chi connectivity index (χ2n) is 3.47. The monoisotopic (exact) mass is 229 g/mol. The molecule has 0 atom stereocenters. The lowest BCUT2D eigenvalue weighted by molar-refractivity contribution is 0.779. The van der Waals surface area contributed by atoms with Gasteiger partial charge in [0.05, 0.1) is 8.96 Å². The van der Waals surface area contributed by atoms with Crippen molar-refractivity contribution >= 4 is 40.4 Å². The van der Waals surface area contributed by atoms with Gasteiger partial charge in [0.2, 0.25) is 0 Å². The molecule has 0 saturated heterocycles. The first kappa shape index (κ1) is 12.0. The summed E-state index contributed by atoms with van der Waals surface area (Å²) < 4.78 is 2.48. The van der Waals surface area contributed by atoms with E-state index in [1.165, 1.54) is 0 Å². The van der Waals surface area contributed by atoms with Crippen LogP contribution in [0.5, 0.6) is 0 Å². The molecule has 0 heterocycles. The third-order valence-electron chi connectivity index (χ3n) is 2.20. The highest BCUT2D eigenvalue weighted by Crippen LogP contribution is 2.13. The zero-order valence-corrected chi connectivity index (χ0v) is 11.4. The van der Waals surface area contributed by atoms with E-state index in [9.17, 15) is 0 Å². The van der Waals surface area contributed by atoms with E-state index in [0.29, 0.717) is 0 Å². The topological polar surface area (TPSA) is 3.24 Å². The maximum atomic E-state index is 5.91. The van der Waals surface area contributed by atoms with Crippen molar-refractivity contribution in [3.8, 4) is 0 Å². The average Bonchev–Trinajstić information content (AvgIpc) is 2.01. The van der Waals surface area contributed by atoms with Gasteiger partial charge in [0.25, 0.3) is 0 Å². The van der Waals surface area contributed by atoms with Crippen LogP contribution in [0, 0.1) is 0 Å². The van der Waals surface area contributed by atoms with Crippen LogP contribution in [0.3, 0.4) is 0 Å². The van der Waals surface area contributed by atoms with Crippen LogP contribution in [0.25, 0.3) is 0 Å². The zero-order chi connectivity index (χ0) is 9.07. The standard InChI is InChI=1S/C6H17Cl2NSi2/c1-9(10(2)3)11(4,5-7)6-8/h10H,5-6H2,1-4H3. The molecule has 5 heteroatoms. The van der Waals surface area contributed by atoms with Crippen molar-refractivity contribution in [2.24, 2.45) is 0 Å². The van der Waals surface area contributed by atoms with Gasteiger partial charge in [0.1, 0.15) is 8.24 Å². The highest BCUT2D eigenvalue weighted by atomic mass is 35.5. The van der Waals surface area contributed by atoms with Crippen molar-refractivity contribution < 1.29 is 0 Å². The van der Waals surface area contributed by atoms with Gasteiger partial charge in [-0.25, -0.2) is 0 Å². The molecule has 0 spiro atoms. The fourth-order valence-corrected chi connectivity index (χ4v) is 9.51. The number of hydrogen-bond donors (Lipinski definition) is 0. The molecule has 0 bridgehead atoms. The summed E-state index contributed by atoms with van der Waals surface area (Å²) in [5, 5.41) is 0. The SMILES string of the molecule is CN([SiH](C)C)[Si](C)(CCl)CCl. The summed E-state index contributed by atoms with van der Waals surface area (Å²) in [6.45, 7) is 6.87. The molecule has 68 valence electrons. The van der Waals surface area contributed by atoms with E-state index in [1.807, 2.05) is 0 Å². The van der Waals surface area contributed by atoms with E-state index >= 15 is 0 Å². The average molecular weight is 230 g/mol. The molecule has 11 heavy (non-hydrogen) atoms. The van der Waals surface area contributed by atoms with Gasteiger partial charge in [-0.15, -0.1) is 23.2 Å². The Bertz CT molecular complexity index is 117. The molecular formula is C6H17Cl2NSi2. The molecule has 0 aromatic heterocycles. The van der Waals surface area contributed by atoms with Gasteiger partial charge in [-0.2, -0.15) is 0 Å². The first-order valence-electron chi connectivity index (χ1n) is 3.83. The van der Waals surface area contributed by atoms with Gasteiger partial charge in [0, 0.05) is 11.0 Å². The first-order chi connectivity index (χ1) is 4.98. The first-order valence-corrected chi connectivity index (χ1v) is 10.6. The van der Waals surface area contributed by atoms with Crippen molar-refractivity contribution in [1.82, 2.24) is 4.23 Å². The largest absolute Gasteiger partial charge is 0.349 e. The van der Waals surface area contributed by atoms with E-state index in [1.54, 1.807) is 0 Å². The second kappa shape index (κ2) is 4.87. The van der Waals surface area contributed by atoms with Crippen molar-refractivity contribution in [1.29, 1.82) is 0 Å². The van der Waals surface area contributed by atoms with Crippen LogP contribution < -0.4 is 0 Å². The summed E-state index contributed by atoms with van der Waals surface area (Å²) in [4.78, 5) is 0. The van der Waals surface area contributed by atoms with Crippen molar-refractivity contribution in [3.63, 3.8) is 0 Å².